The van der Waals surface area contributed by atoms with Gasteiger partial charge < -0.3 is 4.74 Å². The van der Waals surface area contributed by atoms with Crippen molar-refractivity contribution in [2.24, 2.45) is 0 Å². The highest BCUT2D eigenvalue weighted by atomic mass is 16.5. The molecule has 3 nitrogen and oxygen atoms in total. The van der Waals surface area contributed by atoms with Crippen molar-refractivity contribution in [3.8, 4) is 5.88 Å². The van der Waals surface area contributed by atoms with Crippen LogP contribution in [0, 0.1) is 0 Å². The number of carbonyl (C=O) groups excluding carboxylic acids is 1. The third kappa shape index (κ3) is 5.68. The number of aromatic nitrogens is 1. The minimum atomic E-state index is 0.706. The van der Waals surface area contributed by atoms with Gasteiger partial charge in [0.25, 0.3) is 0 Å². The summed E-state index contributed by atoms with van der Waals surface area (Å²) >= 11 is 0. The molecule has 0 aliphatic heterocycles. The summed E-state index contributed by atoms with van der Waals surface area (Å²) in [6, 6.07) is 12.0. The van der Waals surface area contributed by atoms with E-state index in [2.05, 4.69) is 11.1 Å². The number of hydrogen-bond acceptors (Lipinski definition) is 3. The lowest BCUT2D eigenvalue weighted by molar-refractivity contribution is -0.104. The Balaban J connectivity index is 1.58. The molecule has 1 heterocycles. The first-order chi connectivity index (χ1) is 10.9. The number of nitrogens with zero attached hydrogens (tertiary/aromatic N) is 1. The van der Waals surface area contributed by atoms with Gasteiger partial charge in [-0.1, -0.05) is 43.5 Å². The van der Waals surface area contributed by atoms with E-state index in [1.54, 1.807) is 6.08 Å². The van der Waals surface area contributed by atoms with E-state index in [0.29, 0.717) is 5.88 Å². The summed E-state index contributed by atoms with van der Waals surface area (Å²) in [5.74, 6) is 0.706. The maximum Gasteiger partial charge on any atom is 0.213 e. The average Bonchev–Trinajstić information content (AvgIpc) is 2.56. The fraction of sp³-hybridized carbons (Fsp3) is 0.368. The molecule has 22 heavy (non-hydrogen) atoms. The Bertz CT molecular complexity index is 607. The number of benzene rings is 1. The minimum absolute atomic E-state index is 0.706. The molecule has 0 unspecified atom stereocenters. The quantitative estimate of drug-likeness (QED) is 0.362. The summed E-state index contributed by atoms with van der Waals surface area (Å²) in [7, 11) is 0. The Morgan fingerprint density at radius 3 is 2.68 bits per heavy atom. The van der Waals surface area contributed by atoms with Gasteiger partial charge in [-0.05, 0) is 37.5 Å². The van der Waals surface area contributed by atoms with Gasteiger partial charge in [0.05, 0.1) is 12.1 Å². The molecule has 0 fully saturated rings. The molecule has 0 saturated carbocycles. The van der Waals surface area contributed by atoms with E-state index in [4.69, 9.17) is 4.74 Å². The van der Waals surface area contributed by atoms with Gasteiger partial charge in [-0.2, -0.15) is 0 Å². The number of rotatable bonds is 10. The highest BCUT2D eigenvalue weighted by molar-refractivity contribution is 5.78. The lowest BCUT2D eigenvalue weighted by atomic mass is 10.1. The normalized spacial score (nSPS) is 11.1. The van der Waals surface area contributed by atoms with Gasteiger partial charge >= 0.3 is 0 Å². The molecule has 3 heteroatoms. The summed E-state index contributed by atoms with van der Waals surface area (Å²) < 4.78 is 5.71. The predicted molar refractivity (Wildman–Crippen MR) is 90.1 cm³/mol. The Hall–Kier alpha value is -2.16. The molecule has 1 aromatic heterocycles. The molecule has 1 aromatic carbocycles. The fourth-order valence-electron chi connectivity index (χ4n) is 2.35. The Morgan fingerprint density at radius 2 is 1.77 bits per heavy atom. The molecule has 0 aliphatic carbocycles. The van der Waals surface area contributed by atoms with Crippen molar-refractivity contribution in [1.82, 2.24) is 4.98 Å². The first-order valence-corrected chi connectivity index (χ1v) is 7.99. The second kappa shape index (κ2) is 9.72. The SMILES string of the molecule is O=CC=CCCCCCCCOc1ccc2ccccc2n1. The number of fused-ring (bicyclic) bond motifs is 1. The van der Waals surface area contributed by atoms with Crippen LogP contribution in [0.5, 0.6) is 5.88 Å². The van der Waals surface area contributed by atoms with Gasteiger partial charge in [0.15, 0.2) is 0 Å². The van der Waals surface area contributed by atoms with E-state index in [0.717, 1.165) is 43.1 Å². The predicted octanol–water partition coefficient (Wildman–Crippen LogP) is 4.71. The van der Waals surface area contributed by atoms with Gasteiger partial charge in [0.2, 0.25) is 5.88 Å². The number of hydrogen-bond donors (Lipinski definition) is 0. The molecule has 2 aromatic rings. The highest BCUT2D eigenvalue weighted by Gasteiger charge is 1.98. The molecule has 0 aliphatic rings. The zero-order chi connectivity index (χ0) is 15.5. The molecule has 0 atom stereocenters. The standard InChI is InChI=1S/C19H23NO2/c21-15-9-5-3-1-2-4-6-10-16-22-19-14-13-17-11-7-8-12-18(17)20-19/h5,7-9,11-15H,1-4,6,10,16H2. The van der Waals surface area contributed by atoms with Crippen molar-refractivity contribution in [1.29, 1.82) is 0 Å². The van der Waals surface area contributed by atoms with Crippen LogP contribution < -0.4 is 4.74 Å². The van der Waals surface area contributed by atoms with E-state index in [1.807, 2.05) is 36.4 Å². The Kier molecular flexibility index (Phi) is 7.16. The van der Waals surface area contributed by atoms with Gasteiger partial charge in [0.1, 0.15) is 6.29 Å². The summed E-state index contributed by atoms with van der Waals surface area (Å²) in [6.45, 7) is 0.719. The lowest BCUT2D eigenvalue weighted by Gasteiger charge is -2.06. The number of allylic oxidation sites excluding steroid dienone is 2. The number of pyridine rings is 1. The van der Waals surface area contributed by atoms with Crippen molar-refractivity contribution in [2.75, 3.05) is 6.61 Å². The molecule has 0 amide bonds. The van der Waals surface area contributed by atoms with E-state index in [9.17, 15) is 4.79 Å². The maximum atomic E-state index is 10.1. The number of ether oxygens (including phenoxy) is 1. The molecule has 116 valence electrons. The third-order valence-electron chi connectivity index (χ3n) is 3.55. The van der Waals surface area contributed by atoms with Crippen molar-refractivity contribution in [2.45, 2.75) is 38.5 Å². The zero-order valence-corrected chi connectivity index (χ0v) is 12.9. The van der Waals surface area contributed by atoms with Crippen LogP contribution in [0.1, 0.15) is 38.5 Å². The van der Waals surface area contributed by atoms with Crippen molar-refractivity contribution in [3.05, 3.63) is 48.6 Å². The fourth-order valence-corrected chi connectivity index (χ4v) is 2.35. The molecule has 0 bridgehead atoms. The first kappa shape index (κ1) is 16.2. The van der Waals surface area contributed by atoms with Gasteiger partial charge in [-0.3, -0.25) is 4.79 Å². The molecule has 0 N–H and O–H groups in total. The van der Waals surface area contributed by atoms with E-state index < -0.39 is 0 Å². The number of carbonyl (C=O) groups is 1. The van der Waals surface area contributed by atoms with E-state index >= 15 is 0 Å². The maximum absolute atomic E-state index is 10.1. The molecule has 0 radical (unpaired) electrons. The van der Waals surface area contributed by atoms with Crippen LogP contribution in [0.25, 0.3) is 10.9 Å². The Labute approximate surface area is 132 Å². The summed E-state index contributed by atoms with van der Waals surface area (Å²) in [5.41, 5.74) is 0.975. The van der Waals surface area contributed by atoms with E-state index in [1.165, 1.54) is 19.3 Å². The molecular weight excluding hydrogens is 274 g/mol. The second-order valence-electron chi connectivity index (χ2n) is 5.31. The second-order valence-corrected chi connectivity index (χ2v) is 5.31. The Morgan fingerprint density at radius 1 is 0.955 bits per heavy atom. The smallest absolute Gasteiger partial charge is 0.213 e. The molecule has 2 rings (SSSR count). The van der Waals surface area contributed by atoms with Crippen LogP contribution in [0.4, 0.5) is 0 Å². The van der Waals surface area contributed by atoms with Crippen molar-refractivity contribution < 1.29 is 9.53 Å². The van der Waals surface area contributed by atoms with Crippen LogP contribution in [-0.4, -0.2) is 17.9 Å². The highest BCUT2D eigenvalue weighted by Crippen LogP contribution is 2.16. The van der Waals surface area contributed by atoms with Crippen LogP contribution in [0.3, 0.4) is 0 Å². The largest absolute Gasteiger partial charge is 0.478 e. The monoisotopic (exact) mass is 297 g/mol. The minimum Gasteiger partial charge on any atom is -0.478 e. The molecule has 0 saturated heterocycles. The van der Waals surface area contributed by atoms with Crippen LogP contribution in [0.2, 0.25) is 0 Å². The number of unbranched alkanes of at least 4 members (excludes halogenated alkanes) is 5. The molecule has 0 spiro atoms. The summed E-state index contributed by atoms with van der Waals surface area (Å²) in [4.78, 5) is 14.6. The van der Waals surface area contributed by atoms with Crippen LogP contribution >= 0.6 is 0 Å². The zero-order valence-electron chi connectivity index (χ0n) is 12.9. The van der Waals surface area contributed by atoms with Crippen molar-refractivity contribution >= 4 is 17.2 Å². The topological polar surface area (TPSA) is 39.2 Å². The van der Waals surface area contributed by atoms with Crippen LogP contribution in [-0.2, 0) is 4.79 Å². The van der Waals surface area contributed by atoms with E-state index in [-0.39, 0.29) is 0 Å². The molecular formula is C19H23NO2. The lowest BCUT2D eigenvalue weighted by Crippen LogP contribution is -1.99. The average molecular weight is 297 g/mol. The van der Waals surface area contributed by atoms with Crippen molar-refractivity contribution in [3.63, 3.8) is 0 Å². The van der Waals surface area contributed by atoms with Crippen LogP contribution in [0.15, 0.2) is 48.6 Å². The first-order valence-electron chi connectivity index (χ1n) is 7.99. The van der Waals surface area contributed by atoms with Gasteiger partial charge in [-0.15, -0.1) is 0 Å². The number of aldehydes is 1. The third-order valence-corrected chi connectivity index (χ3v) is 3.55. The van der Waals surface area contributed by atoms with Gasteiger partial charge in [-0.25, -0.2) is 4.98 Å². The van der Waals surface area contributed by atoms with Gasteiger partial charge in [0, 0.05) is 11.5 Å². The number of para-hydroxylation sites is 1. The summed E-state index contributed by atoms with van der Waals surface area (Å²) in [5, 5.41) is 1.14. The summed E-state index contributed by atoms with van der Waals surface area (Å²) in [6.07, 6.45) is 11.1.